The molecule has 2 heterocycles. The van der Waals surface area contributed by atoms with Gasteiger partial charge in [-0.25, -0.2) is 9.59 Å². The number of hydrogen-bond donors (Lipinski definition) is 2. The number of nitrogens with one attached hydrogen (secondary N) is 1. The first kappa shape index (κ1) is 28.3. The van der Waals surface area contributed by atoms with Gasteiger partial charge < -0.3 is 25.0 Å². The summed E-state index contributed by atoms with van der Waals surface area (Å²) in [5.41, 5.74) is 1.34. The number of hydrogen-bond acceptors (Lipinski definition) is 5. The molecule has 8 nitrogen and oxygen atoms in total. The zero-order chi connectivity index (χ0) is 28.5. The van der Waals surface area contributed by atoms with Crippen LogP contribution in [-0.2, 0) is 22.4 Å². The molecule has 2 aromatic carbocycles. The topological polar surface area (TPSA) is 99.2 Å². The number of anilines is 1. The smallest absolute Gasteiger partial charge is 0.471 e. The van der Waals surface area contributed by atoms with E-state index in [1.807, 2.05) is 4.90 Å². The second-order valence-corrected chi connectivity index (χ2v) is 10.9. The Labute approximate surface area is 224 Å². The molecule has 0 aromatic heterocycles. The number of carbonyl (C=O) groups is 3. The van der Waals surface area contributed by atoms with Crippen molar-refractivity contribution in [1.82, 2.24) is 10.2 Å². The third-order valence-corrected chi connectivity index (χ3v) is 6.86. The fraction of sp³-hybridized carbons (Fsp3) is 0.464. The number of benzene rings is 2. The molecule has 2 amide bonds. The van der Waals surface area contributed by atoms with Crippen LogP contribution in [0.1, 0.15) is 60.3 Å². The summed E-state index contributed by atoms with van der Waals surface area (Å²) in [6.07, 6.45) is -4.88. The molecular weight excluding hydrogens is 515 g/mol. The second kappa shape index (κ2) is 10.8. The van der Waals surface area contributed by atoms with Crippen LogP contribution in [0.2, 0.25) is 0 Å². The summed E-state index contributed by atoms with van der Waals surface area (Å²) in [5.74, 6) is -3.26. The second-order valence-electron chi connectivity index (χ2n) is 10.9. The summed E-state index contributed by atoms with van der Waals surface area (Å²) >= 11 is 0. The lowest BCUT2D eigenvalue weighted by atomic mass is 9.84. The number of ether oxygens (including phenoxy) is 1. The lowest BCUT2D eigenvalue weighted by Crippen LogP contribution is -2.47. The van der Waals surface area contributed by atoms with E-state index in [9.17, 15) is 32.7 Å². The quantitative estimate of drug-likeness (QED) is 0.562. The molecule has 39 heavy (non-hydrogen) atoms. The summed E-state index contributed by atoms with van der Waals surface area (Å²) < 4.78 is 45.9. The van der Waals surface area contributed by atoms with E-state index >= 15 is 0 Å². The highest BCUT2D eigenvalue weighted by atomic mass is 19.4. The first-order valence-corrected chi connectivity index (χ1v) is 12.8. The van der Waals surface area contributed by atoms with E-state index in [4.69, 9.17) is 4.74 Å². The van der Waals surface area contributed by atoms with Gasteiger partial charge in [-0.15, -0.1) is 0 Å². The molecule has 210 valence electrons. The van der Waals surface area contributed by atoms with E-state index in [2.05, 4.69) is 5.32 Å². The number of carboxylic acid groups (broad SMARTS) is 1. The van der Waals surface area contributed by atoms with Crippen molar-refractivity contribution in [3.8, 4) is 0 Å². The van der Waals surface area contributed by atoms with Gasteiger partial charge in [-0.3, -0.25) is 4.79 Å². The van der Waals surface area contributed by atoms with Crippen molar-refractivity contribution < 1.29 is 37.4 Å². The van der Waals surface area contributed by atoms with Crippen LogP contribution in [0.4, 0.5) is 23.7 Å². The number of nitrogens with zero attached hydrogens (tertiary/aromatic N) is 2. The van der Waals surface area contributed by atoms with Crippen LogP contribution in [0, 0.1) is 0 Å². The van der Waals surface area contributed by atoms with Crippen LogP contribution in [0.15, 0.2) is 42.5 Å². The van der Waals surface area contributed by atoms with Crippen LogP contribution >= 0.6 is 0 Å². The number of aromatic carboxylic acids is 1. The predicted octanol–water partition coefficient (Wildman–Crippen LogP) is 4.72. The number of rotatable bonds is 5. The monoisotopic (exact) mass is 547 g/mol. The largest absolute Gasteiger partial charge is 0.478 e. The number of halogens is 3. The van der Waals surface area contributed by atoms with Gasteiger partial charge in [0.25, 0.3) is 0 Å². The van der Waals surface area contributed by atoms with E-state index in [1.54, 1.807) is 57.2 Å². The standard InChI is InChI=1S/C28H32F3N3O5/c1-27(2,3)39-26(38)32-19-10-11-33(16-19)20-14-18-9-12-34(25(37)28(29,30)31)22(13-17-7-5-4-6-8-17)23(18)21(15-20)24(35)36/h4-8,14-15,19,22H,9-13,16H2,1-3H3,(H,32,38)(H,35,36)/t19?,22-/m0/s1. The summed E-state index contributed by atoms with van der Waals surface area (Å²) in [4.78, 5) is 39.7. The summed E-state index contributed by atoms with van der Waals surface area (Å²) in [6.45, 7) is 6.08. The highest BCUT2D eigenvalue weighted by molar-refractivity contribution is 5.92. The predicted molar refractivity (Wildman–Crippen MR) is 138 cm³/mol. The molecule has 1 unspecified atom stereocenters. The van der Waals surface area contributed by atoms with Crippen LogP contribution < -0.4 is 10.2 Å². The van der Waals surface area contributed by atoms with Crippen LogP contribution in [0.3, 0.4) is 0 Å². The van der Waals surface area contributed by atoms with Crippen molar-refractivity contribution in [2.75, 3.05) is 24.5 Å². The average Bonchev–Trinajstić information content (AvgIpc) is 3.30. The molecule has 1 saturated heterocycles. The van der Waals surface area contributed by atoms with Crippen molar-refractivity contribution in [3.63, 3.8) is 0 Å². The van der Waals surface area contributed by atoms with Crippen molar-refractivity contribution in [1.29, 1.82) is 0 Å². The molecule has 0 bridgehead atoms. The zero-order valence-corrected chi connectivity index (χ0v) is 22.0. The van der Waals surface area contributed by atoms with Crippen molar-refractivity contribution >= 4 is 23.7 Å². The van der Waals surface area contributed by atoms with Crippen LogP contribution in [0.5, 0.6) is 0 Å². The minimum atomic E-state index is -5.08. The molecule has 0 saturated carbocycles. The minimum absolute atomic E-state index is 0.0425. The molecule has 0 radical (unpaired) electrons. The third-order valence-electron chi connectivity index (χ3n) is 6.86. The van der Waals surface area contributed by atoms with Gasteiger partial charge in [-0.05, 0) is 68.9 Å². The average molecular weight is 548 g/mol. The summed E-state index contributed by atoms with van der Waals surface area (Å²) in [6, 6.07) is 10.7. The van der Waals surface area contributed by atoms with Gasteiger partial charge in [0.15, 0.2) is 0 Å². The van der Waals surface area contributed by atoms with E-state index < -0.39 is 35.8 Å². The van der Waals surface area contributed by atoms with Crippen molar-refractivity contribution in [2.45, 2.75) is 63.9 Å². The molecule has 2 aliphatic heterocycles. The van der Waals surface area contributed by atoms with Gasteiger partial charge in [0, 0.05) is 25.3 Å². The normalized spacial score (nSPS) is 19.4. The zero-order valence-electron chi connectivity index (χ0n) is 22.0. The Morgan fingerprint density at radius 2 is 1.77 bits per heavy atom. The summed E-state index contributed by atoms with van der Waals surface area (Å²) in [5, 5.41) is 13.0. The first-order chi connectivity index (χ1) is 18.2. The van der Waals surface area contributed by atoms with Crippen LogP contribution in [0.25, 0.3) is 0 Å². The Hall–Kier alpha value is -3.76. The Morgan fingerprint density at radius 3 is 2.38 bits per heavy atom. The third kappa shape index (κ3) is 6.63. The fourth-order valence-corrected chi connectivity index (χ4v) is 5.25. The minimum Gasteiger partial charge on any atom is -0.478 e. The van der Waals surface area contributed by atoms with E-state index in [0.717, 1.165) is 4.90 Å². The van der Waals surface area contributed by atoms with Gasteiger partial charge in [0.1, 0.15) is 5.60 Å². The van der Waals surface area contributed by atoms with Gasteiger partial charge in [0.05, 0.1) is 17.6 Å². The molecular formula is C28H32F3N3O5. The van der Waals surface area contributed by atoms with Gasteiger partial charge in [-0.1, -0.05) is 30.3 Å². The van der Waals surface area contributed by atoms with E-state index in [0.29, 0.717) is 36.3 Å². The lowest BCUT2D eigenvalue weighted by Gasteiger charge is -2.39. The number of alkyl halides is 3. The number of amides is 2. The Balaban J connectivity index is 1.66. The van der Waals surface area contributed by atoms with Crippen molar-refractivity contribution in [3.05, 3.63) is 64.7 Å². The van der Waals surface area contributed by atoms with Gasteiger partial charge in [0.2, 0.25) is 0 Å². The maximum atomic E-state index is 13.5. The Kier molecular flexibility index (Phi) is 7.81. The molecule has 0 aliphatic carbocycles. The van der Waals surface area contributed by atoms with Crippen LogP contribution in [-0.4, -0.2) is 65.4 Å². The van der Waals surface area contributed by atoms with E-state index in [1.165, 1.54) is 6.07 Å². The molecule has 2 aliphatic rings. The molecule has 1 fully saturated rings. The molecule has 11 heteroatoms. The molecule has 2 N–H and O–H groups in total. The number of carbonyl (C=O) groups excluding carboxylic acids is 2. The fourth-order valence-electron chi connectivity index (χ4n) is 5.25. The summed E-state index contributed by atoms with van der Waals surface area (Å²) in [7, 11) is 0. The maximum absolute atomic E-state index is 13.5. The highest BCUT2D eigenvalue weighted by Crippen LogP contribution is 2.40. The number of fused-ring (bicyclic) bond motifs is 1. The van der Waals surface area contributed by atoms with Gasteiger partial charge in [-0.2, -0.15) is 13.2 Å². The van der Waals surface area contributed by atoms with Gasteiger partial charge >= 0.3 is 24.1 Å². The Bertz CT molecular complexity index is 1240. The molecule has 2 atom stereocenters. The first-order valence-electron chi connectivity index (χ1n) is 12.8. The Morgan fingerprint density at radius 1 is 1.08 bits per heavy atom. The molecule has 0 spiro atoms. The lowest BCUT2D eigenvalue weighted by molar-refractivity contribution is -0.188. The molecule has 4 rings (SSSR count). The molecule has 2 aromatic rings. The van der Waals surface area contributed by atoms with E-state index in [-0.39, 0.29) is 36.6 Å². The maximum Gasteiger partial charge on any atom is 0.471 e. The SMILES string of the molecule is CC(C)(C)OC(=O)NC1CCN(c2cc3c(c(C(=O)O)c2)[C@H](Cc2ccccc2)N(C(=O)C(F)(F)F)CC3)C1. The van der Waals surface area contributed by atoms with Crippen molar-refractivity contribution in [2.24, 2.45) is 0 Å². The highest BCUT2D eigenvalue weighted by Gasteiger charge is 2.47. The number of alkyl carbamates (subject to hydrolysis) is 1. The number of carboxylic acids is 1.